The highest BCUT2D eigenvalue weighted by atomic mass is 32.2. The Balaban J connectivity index is 2.85. The maximum Gasteiger partial charge on any atom is 0.335 e. The van der Waals surface area contributed by atoms with E-state index in [1.807, 2.05) is 27.7 Å². The lowest BCUT2D eigenvalue weighted by Gasteiger charge is -2.23. The van der Waals surface area contributed by atoms with Crippen molar-refractivity contribution in [3.8, 4) is 34.5 Å². The van der Waals surface area contributed by atoms with Gasteiger partial charge < -0.3 is 39.9 Å². The molecule has 2 rings (SSSR count). The molecule has 0 heterocycles. The van der Waals surface area contributed by atoms with Gasteiger partial charge >= 0.3 is 11.9 Å². The Bertz CT molecular complexity index is 1160. The van der Waals surface area contributed by atoms with Crippen molar-refractivity contribution in [2.24, 2.45) is 11.5 Å². The third kappa shape index (κ3) is 8.66. The fraction of sp³-hybridized carbons (Fsp3) is 0.400. The van der Waals surface area contributed by atoms with Crippen LogP contribution < -0.4 is 39.9 Å². The Morgan fingerprint density at radius 3 is 1.32 bits per heavy atom. The number of esters is 2. The Kier molecular flexibility index (Phi) is 14.1. The molecule has 0 atom stereocenters. The van der Waals surface area contributed by atoms with Crippen LogP contribution in [0.3, 0.4) is 0 Å². The summed E-state index contributed by atoms with van der Waals surface area (Å²) in [6.45, 7) is 12.1. The molecule has 0 aliphatic carbocycles. The molecule has 11 heteroatoms. The zero-order valence-electron chi connectivity index (χ0n) is 24.5. The molecule has 0 aliphatic rings. The van der Waals surface area contributed by atoms with E-state index in [1.54, 1.807) is 38.1 Å². The van der Waals surface area contributed by atoms with Gasteiger partial charge in [-0.25, -0.2) is 9.59 Å². The Morgan fingerprint density at radius 1 is 0.659 bits per heavy atom. The minimum Gasteiger partial charge on any atom is -0.492 e. The molecule has 0 fully saturated rings. The van der Waals surface area contributed by atoms with Gasteiger partial charge in [-0.2, -0.15) is 0 Å². The summed E-state index contributed by atoms with van der Waals surface area (Å²) in [5, 5.41) is 0. The first kappa shape index (κ1) is 33.5. The molecule has 4 N–H and O–H groups in total. The van der Waals surface area contributed by atoms with Gasteiger partial charge in [0.2, 0.25) is 0 Å². The van der Waals surface area contributed by atoms with Crippen molar-refractivity contribution in [3.63, 3.8) is 0 Å². The maximum atomic E-state index is 12.4. The minimum atomic E-state index is -0.568. The molecule has 0 amide bonds. The first-order chi connectivity index (χ1) is 19.8. The highest BCUT2D eigenvalue weighted by Crippen LogP contribution is 2.51. The predicted octanol–water partition coefficient (Wildman–Crippen LogP) is 5.31. The molecule has 2 aromatic carbocycles. The third-order valence-electron chi connectivity index (χ3n) is 5.33. The van der Waals surface area contributed by atoms with Crippen molar-refractivity contribution >= 4 is 23.7 Å². The van der Waals surface area contributed by atoms with Gasteiger partial charge in [-0.3, -0.25) is 0 Å². The number of carbonyl (C=O) groups excluding carboxylic acids is 2. The van der Waals surface area contributed by atoms with E-state index in [0.717, 1.165) is 0 Å². The van der Waals surface area contributed by atoms with Crippen molar-refractivity contribution in [2.45, 2.75) is 64.4 Å². The van der Waals surface area contributed by atoms with Crippen LogP contribution in [0.5, 0.6) is 34.5 Å². The number of rotatable bonds is 16. The minimum absolute atomic E-state index is 0.0126. The number of benzene rings is 2. The lowest BCUT2D eigenvalue weighted by Crippen LogP contribution is -2.13. The predicted molar refractivity (Wildman–Crippen MR) is 158 cm³/mol. The molecule has 0 saturated heterocycles. The molecule has 0 spiro atoms. The van der Waals surface area contributed by atoms with Gasteiger partial charge in [-0.15, -0.1) is 0 Å². The average molecular weight is 589 g/mol. The number of hydrogen-bond donors (Lipinski definition) is 2. The quantitative estimate of drug-likeness (QED) is 0.150. The second-order valence-corrected chi connectivity index (χ2v) is 9.19. The number of carbonyl (C=O) groups is 2. The number of allylic oxidation sites excluding steroid dienone is 2. The summed E-state index contributed by atoms with van der Waals surface area (Å²) in [5.74, 6) is 0.781. The second-order valence-electron chi connectivity index (χ2n) is 8.10. The lowest BCUT2D eigenvalue weighted by atomic mass is 10.1. The summed E-state index contributed by atoms with van der Waals surface area (Å²) >= 11 is 1.31. The van der Waals surface area contributed by atoms with E-state index in [4.69, 9.17) is 39.9 Å². The third-order valence-corrected chi connectivity index (χ3v) is 6.38. The zero-order chi connectivity index (χ0) is 30.4. The molecule has 0 aliphatic heterocycles. The van der Waals surface area contributed by atoms with E-state index in [2.05, 4.69) is 0 Å². The topological polar surface area (TPSA) is 142 Å². The van der Waals surface area contributed by atoms with Crippen LogP contribution >= 0.6 is 11.8 Å². The van der Waals surface area contributed by atoms with Gasteiger partial charge in [-0.1, -0.05) is 23.9 Å². The molecule has 224 valence electrons. The van der Waals surface area contributed by atoms with E-state index in [0.29, 0.717) is 70.3 Å². The van der Waals surface area contributed by atoms with Gasteiger partial charge in [0.1, 0.15) is 11.5 Å². The number of nitrogens with two attached hydrogens (primary N) is 2. The summed E-state index contributed by atoms with van der Waals surface area (Å²) < 4.78 is 35.1. The zero-order valence-corrected chi connectivity index (χ0v) is 25.4. The summed E-state index contributed by atoms with van der Waals surface area (Å²) in [6.07, 6.45) is 5.78. The van der Waals surface area contributed by atoms with E-state index < -0.39 is 11.9 Å². The van der Waals surface area contributed by atoms with Gasteiger partial charge in [0, 0.05) is 37.4 Å². The molecule has 0 bridgehead atoms. The van der Waals surface area contributed by atoms with Gasteiger partial charge in [0.25, 0.3) is 0 Å². The van der Waals surface area contributed by atoms with Crippen LogP contribution in [-0.2, 0) is 22.7 Å². The molecule has 10 nitrogen and oxygen atoms in total. The monoisotopic (exact) mass is 588 g/mol. The van der Waals surface area contributed by atoms with Crippen LogP contribution in [0.4, 0.5) is 0 Å². The standard InChI is InChI=1S/C30H40N2O8S/c1-7-13-25(33)39-27-19(17-31)29(37-11-5)23(15-21(27)35-9-3)41-24-16-22(36-10-4)28(40-26(34)14-8-2)20(18-32)30(24)38-12-6/h7-8,13-16H,9-12,17-18,31-32H2,1-6H3. The van der Waals surface area contributed by atoms with Gasteiger partial charge in [-0.05, 0) is 41.5 Å². The van der Waals surface area contributed by atoms with Gasteiger partial charge in [0.05, 0.1) is 47.3 Å². The second kappa shape index (κ2) is 17.2. The van der Waals surface area contributed by atoms with Crippen LogP contribution in [0.15, 0.2) is 46.2 Å². The fourth-order valence-electron chi connectivity index (χ4n) is 3.84. The normalized spacial score (nSPS) is 11.1. The van der Waals surface area contributed by atoms with E-state index in [9.17, 15) is 9.59 Å². The van der Waals surface area contributed by atoms with Crippen molar-refractivity contribution in [1.82, 2.24) is 0 Å². The molecule has 2 aromatic rings. The average Bonchev–Trinajstić information content (AvgIpc) is 2.93. The van der Waals surface area contributed by atoms with Crippen molar-refractivity contribution in [2.75, 3.05) is 26.4 Å². The fourth-order valence-corrected chi connectivity index (χ4v) is 4.96. The summed E-state index contributed by atoms with van der Waals surface area (Å²) in [4.78, 5) is 26.0. The van der Waals surface area contributed by atoms with E-state index >= 15 is 0 Å². The first-order valence-electron chi connectivity index (χ1n) is 13.5. The molecule has 0 saturated carbocycles. The van der Waals surface area contributed by atoms with Crippen LogP contribution in [-0.4, -0.2) is 38.4 Å². The van der Waals surface area contributed by atoms with Crippen molar-refractivity contribution < 1.29 is 38.0 Å². The Hall–Kier alpha value is -3.67. The molecular weight excluding hydrogens is 548 g/mol. The van der Waals surface area contributed by atoms with Crippen molar-refractivity contribution in [3.05, 3.63) is 47.6 Å². The Labute approximate surface area is 245 Å². The smallest absolute Gasteiger partial charge is 0.335 e. The first-order valence-corrected chi connectivity index (χ1v) is 14.3. The molecule has 0 aromatic heterocycles. The molecule has 41 heavy (non-hydrogen) atoms. The summed E-state index contributed by atoms with van der Waals surface area (Å²) in [5.41, 5.74) is 13.3. The van der Waals surface area contributed by atoms with Gasteiger partial charge in [0.15, 0.2) is 23.0 Å². The van der Waals surface area contributed by atoms with Crippen LogP contribution in [0.25, 0.3) is 0 Å². The van der Waals surface area contributed by atoms with Crippen LogP contribution in [0.2, 0.25) is 0 Å². The number of ether oxygens (including phenoxy) is 6. The van der Waals surface area contributed by atoms with Crippen LogP contribution in [0.1, 0.15) is 52.7 Å². The SMILES string of the molecule is CC=CC(=O)Oc1c(OCC)cc(Sc2cc(OCC)c(OC(=O)C=CC)c(CN)c2OCC)c(OCC)c1CN. The number of hydrogen-bond acceptors (Lipinski definition) is 11. The maximum absolute atomic E-state index is 12.4. The highest BCUT2D eigenvalue weighted by molar-refractivity contribution is 7.99. The molecule has 0 radical (unpaired) electrons. The highest BCUT2D eigenvalue weighted by Gasteiger charge is 2.27. The molecule has 0 unspecified atom stereocenters. The van der Waals surface area contributed by atoms with Crippen LogP contribution in [0, 0.1) is 0 Å². The van der Waals surface area contributed by atoms with E-state index in [1.165, 1.54) is 23.9 Å². The van der Waals surface area contributed by atoms with Crippen molar-refractivity contribution in [1.29, 1.82) is 0 Å². The molecular formula is C30H40N2O8S. The lowest BCUT2D eigenvalue weighted by molar-refractivity contribution is -0.130. The largest absolute Gasteiger partial charge is 0.492 e. The summed E-state index contributed by atoms with van der Waals surface area (Å²) in [6, 6.07) is 3.46. The van der Waals surface area contributed by atoms with E-state index in [-0.39, 0.29) is 24.6 Å². The summed E-state index contributed by atoms with van der Waals surface area (Å²) in [7, 11) is 0. The Morgan fingerprint density at radius 2 is 1.02 bits per heavy atom.